The SMILES string of the molecule is CC1=[C-]C(C)(C)C(C)=C1C.[CH3-].[CH3-].[Zr+3]. The number of rotatable bonds is 0. The zero-order valence-corrected chi connectivity index (χ0v) is 12.5. The van der Waals surface area contributed by atoms with Crippen LogP contribution in [0.25, 0.3) is 0 Å². The summed E-state index contributed by atoms with van der Waals surface area (Å²) in [7, 11) is 0. The van der Waals surface area contributed by atoms with Crippen LogP contribution in [0.1, 0.15) is 34.6 Å². The molecule has 0 fully saturated rings. The summed E-state index contributed by atoms with van der Waals surface area (Å²) in [5.74, 6) is 0. The summed E-state index contributed by atoms with van der Waals surface area (Å²) in [6.45, 7) is 10.9. The molecule has 1 aliphatic rings. The molecule has 0 bridgehead atoms. The number of allylic oxidation sites excluding steroid dienone is 4. The first-order valence-corrected chi connectivity index (χ1v) is 3.75. The molecule has 0 aromatic carbocycles. The van der Waals surface area contributed by atoms with Gasteiger partial charge in [0.1, 0.15) is 0 Å². The van der Waals surface area contributed by atoms with Crippen LogP contribution in [0.15, 0.2) is 16.7 Å². The first-order valence-electron chi connectivity index (χ1n) is 3.75. The van der Waals surface area contributed by atoms with Gasteiger partial charge in [-0.15, -0.1) is 6.92 Å². The minimum absolute atomic E-state index is 0. The van der Waals surface area contributed by atoms with Crippen molar-refractivity contribution in [2.45, 2.75) is 34.6 Å². The first kappa shape index (κ1) is 19.0. The minimum Gasteiger partial charge on any atom is -0.358 e. The third kappa shape index (κ3) is 3.54. The third-order valence-electron chi connectivity index (χ3n) is 2.56. The molecule has 0 spiro atoms. The summed E-state index contributed by atoms with van der Waals surface area (Å²) in [4.78, 5) is 0. The smallest absolute Gasteiger partial charge is 0.358 e. The van der Waals surface area contributed by atoms with E-state index in [4.69, 9.17) is 0 Å². The van der Waals surface area contributed by atoms with E-state index in [-0.39, 0.29) is 46.5 Å². The summed E-state index contributed by atoms with van der Waals surface area (Å²) in [5, 5.41) is 0. The summed E-state index contributed by atoms with van der Waals surface area (Å²) >= 11 is 0. The third-order valence-corrected chi connectivity index (χ3v) is 2.56. The second kappa shape index (κ2) is 5.96. The first-order chi connectivity index (χ1) is 4.45. The quantitative estimate of drug-likeness (QED) is 0.575. The molecule has 0 heterocycles. The van der Waals surface area contributed by atoms with Gasteiger partial charge >= 0.3 is 26.2 Å². The molecule has 0 atom stereocenters. The minimum atomic E-state index is 0. The Bertz CT molecular complexity index is 219. The van der Waals surface area contributed by atoms with E-state index in [1.165, 1.54) is 16.7 Å². The van der Waals surface area contributed by atoms with Gasteiger partial charge in [0.15, 0.2) is 0 Å². The Morgan fingerprint density at radius 3 is 1.46 bits per heavy atom. The van der Waals surface area contributed by atoms with E-state index in [1.807, 2.05) is 0 Å². The second-order valence-electron chi connectivity index (χ2n) is 3.62. The average Bonchev–Trinajstić information content (AvgIpc) is 1.95. The molecule has 0 aromatic heterocycles. The zero-order chi connectivity index (χ0) is 7.94. The molecular weight excluding hydrogens is 235 g/mol. The Kier molecular flexibility index (Phi) is 8.72. The van der Waals surface area contributed by atoms with Crippen LogP contribution in [-0.4, -0.2) is 0 Å². The predicted molar refractivity (Wildman–Crippen MR) is 57.4 cm³/mol. The second-order valence-corrected chi connectivity index (χ2v) is 3.62. The molecule has 0 saturated carbocycles. The molecule has 1 heteroatoms. The Balaban J connectivity index is -0.000000333. The fraction of sp³-hybridized carbons (Fsp3) is 0.500. The van der Waals surface area contributed by atoms with Gasteiger partial charge in [-0.3, -0.25) is 6.08 Å². The van der Waals surface area contributed by atoms with E-state index in [2.05, 4.69) is 40.7 Å². The molecule has 0 aliphatic heterocycles. The van der Waals surface area contributed by atoms with Crippen LogP contribution in [0, 0.1) is 26.3 Å². The number of hydrogen-bond donors (Lipinski definition) is 0. The maximum Gasteiger partial charge on any atom is 3.00 e. The number of hydrogen-bond acceptors (Lipinski definition) is 0. The standard InChI is InChI=1S/C10H15.2CH3.Zr/c1-7-6-10(4,5)9(3)8(7)2;;;/h1-5H3;2*1H3;/q3*-1;+3. The summed E-state index contributed by atoms with van der Waals surface area (Å²) in [5.41, 5.74) is 4.39. The fourth-order valence-corrected chi connectivity index (χ4v) is 1.41. The van der Waals surface area contributed by atoms with Crippen molar-refractivity contribution in [3.8, 4) is 0 Å². The van der Waals surface area contributed by atoms with E-state index >= 15 is 0 Å². The van der Waals surface area contributed by atoms with Crippen molar-refractivity contribution in [1.82, 2.24) is 0 Å². The van der Waals surface area contributed by atoms with Crippen LogP contribution >= 0.6 is 0 Å². The Morgan fingerprint density at radius 2 is 1.38 bits per heavy atom. The Hall–Kier alpha value is 0.363. The molecule has 1 radical (unpaired) electrons. The predicted octanol–water partition coefficient (Wildman–Crippen LogP) is 4.01. The van der Waals surface area contributed by atoms with Gasteiger partial charge in [-0.2, -0.15) is 11.1 Å². The Morgan fingerprint density at radius 1 is 1.00 bits per heavy atom. The van der Waals surface area contributed by atoms with Crippen LogP contribution in [0.2, 0.25) is 0 Å². The molecule has 1 aliphatic carbocycles. The van der Waals surface area contributed by atoms with Gasteiger partial charge in [0.05, 0.1) is 0 Å². The zero-order valence-electron chi connectivity index (χ0n) is 10.0. The van der Waals surface area contributed by atoms with E-state index in [0.29, 0.717) is 0 Å². The largest absolute Gasteiger partial charge is 3.00 e. The van der Waals surface area contributed by atoms with Crippen molar-refractivity contribution < 1.29 is 26.2 Å². The van der Waals surface area contributed by atoms with Gasteiger partial charge in [-0.05, 0) is 0 Å². The van der Waals surface area contributed by atoms with Crippen molar-refractivity contribution in [3.63, 3.8) is 0 Å². The van der Waals surface area contributed by atoms with Crippen molar-refractivity contribution in [3.05, 3.63) is 37.6 Å². The van der Waals surface area contributed by atoms with Crippen molar-refractivity contribution in [2.24, 2.45) is 5.41 Å². The van der Waals surface area contributed by atoms with Gasteiger partial charge in [0.25, 0.3) is 0 Å². The Labute approximate surface area is 104 Å². The monoisotopic (exact) mass is 255 g/mol. The van der Waals surface area contributed by atoms with Crippen molar-refractivity contribution >= 4 is 0 Å². The molecule has 0 amide bonds. The van der Waals surface area contributed by atoms with Gasteiger partial charge < -0.3 is 14.9 Å². The van der Waals surface area contributed by atoms with Crippen LogP contribution in [0.4, 0.5) is 0 Å². The van der Waals surface area contributed by atoms with Crippen LogP contribution in [0.3, 0.4) is 0 Å². The summed E-state index contributed by atoms with van der Waals surface area (Å²) in [6.07, 6.45) is 3.44. The van der Waals surface area contributed by atoms with Gasteiger partial charge in [-0.25, -0.2) is 5.57 Å². The van der Waals surface area contributed by atoms with Gasteiger partial charge in [0.2, 0.25) is 0 Å². The van der Waals surface area contributed by atoms with E-state index in [9.17, 15) is 0 Å². The van der Waals surface area contributed by atoms with E-state index in [1.54, 1.807) is 0 Å². The molecule has 0 N–H and O–H groups in total. The molecule has 13 heavy (non-hydrogen) atoms. The molecule has 1 rings (SSSR count). The van der Waals surface area contributed by atoms with Crippen LogP contribution in [0.5, 0.6) is 0 Å². The molecule has 0 unspecified atom stereocenters. The van der Waals surface area contributed by atoms with Gasteiger partial charge in [0, 0.05) is 0 Å². The van der Waals surface area contributed by atoms with Crippen molar-refractivity contribution in [1.29, 1.82) is 0 Å². The molecule has 0 nitrogen and oxygen atoms in total. The maximum absolute atomic E-state index is 3.44. The van der Waals surface area contributed by atoms with E-state index < -0.39 is 0 Å². The fourth-order valence-electron chi connectivity index (χ4n) is 1.41. The van der Waals surface area contributed by atoms with Crippen LogP contribution in [-0.2, 0) is 26.2 Å². The average molecular weight is 257 g/mol. The van der Waals surface area contributed by atoms with Crippen molar-refractivity contribution in [2.75, 3.05) is 0 Å². The molecule has 0 saturated heterocycles. The van der Waals surface area contributed by atoms with Crippen LogP contribution < -0.4 is 0 Å². The topological polar surface area (TPSA) is 0 Å². The summed E-state index contributed by atoms with van der Waals surface area (Å²) < 4.78 is 0. The molecular formula is C12H21Zr. The normalized spacial score (nSPS) is 18.1. The maximum atomic E-state index is 3.44. The molecule has 0 aromatic rings. The summed E-state index contributed by atoms with van der Waals surface area (Å²) in [6, 6.07) is 0. The van der Waals surface area contributed by atoms with Gasteiger partial charge in [-0.1, -0.05) is 33.1 Å². The van der Waals surface area contributed by atoms with E-state index in [0.717, 1.165) is 0 Å². The molecule has 73 valence electrons.